The fourth-order valence-electron chi connectivity index (χ4n) is 3.36. The first-order valence-corrected chi connectivity index (χ1v) is 9.67. The number of hydrogen-bond acceptors (Lipinski definition) is 5. The summed E-state index contributed by atoms with van der Waals surface area (Å²) < 4.78 is 0. The van der Waals surface area contributed by atoms with E-state index < -0.39 is 0 Å². The molecular formula is C22H15N3O2S. The Hall–Kier alpha value is -3.64. The number of fused-ring (bicyclic) bond motifs is 2. The van der Waals surface area contributed by atoms with E-state index in [1.807, 2.05) is 41.8 Å². The van der Waals surface area contributed by atoms with Gasteiger partial charge in [-0.25, -0.2) is 4.98 Å². The fourth-order valence-corrected chi connectivity index (χ4v) is 4.02. The Labute approximate surface area is 165 Å². The van der Waals surface area contributed by atoms with Crippen LogP contribution in [-0.4, -0.2) is 16.0 Å². The minimum atomic E-state index is -0.194. The Morgan fingerprint density at radius 2 is 1.93 bits per heavy atom. The number of phenolic OH excluding ortho intramolecular Hbond substituents is 1. The van der Waals surface area contributed by atoms with Gasteiger partial charge in [-0.3, -0.25) is 4.79 Å². The highest BCUT2D eigenvalue weighted by Gasteiger charge is 2.26. The molecule has 0 fully saturated rings. The van der Waals surface area contributed by atoms with Crippen LogP contribution >= 0.6 is 11.3 Å². The third-order valence-electron chi connectivity index (χ3n) is 4.78. The lowest BCUT2D eigenvalue weighted by molar-refractivity contribution is -0.110. The summed E-state index contributed by atoms with van der Waals surface area (Å²) in [4.78, 5) is 16.9. The van der Waals surface area contributed by atoms with Gasteiger partial charge >= 0.3 is 0 Å². The zero-order valence-electron chi connectivity index (χ0n) is 14.6. The number of hydrogen-bond donors (Lipinski definition) is 3. The summed E-state index contributed by atoms with van der Waals surface area (Å²) in [6.45, 7) is 0. The normalized spacial score (nSPS) is 14.3. The van der Waals surface area contributed by atoms with E-state index in [9.17, 15) is 9.90 Å². The molecule has 1 amide bonds. The lowest BCUT2D eigenvalue weighted by Crippen LogP contribution is -2.05. The maximum Gasteiger partial charge on any atom is 0.259 e. The van der Waals surface area contributed by atoms with E-state index in [-0.39, 0.29) is 11.7 Å². The number of carbonyl (C=O) groups excluding carboxylic acids is 1. The van der Waals surface area contributed by atoms with Crippen molar-refractivity contribution in [1.82, 2.24) is 4.98 Å². The second-order valence-electron chi connectivity index (χ2n) is 6.47. The van der Waals surface area contributed by atoms with Crippen molar-refractivity contribution in [1.29, 1.82) is 0 Å². The van der Waals surface area contributed by atoms with E-state index in [1.165, 1.54) is 0 Å². The predicted molar refractivity (Wildman–Crippen MR) is 113 cm³/mol. The van der Waals surface area contributed by atoms with Gasteiger partial charge in [0.25, 0.3) is 5.91 Å². The summed E-state index contributed by atoms with van der Waals surface area (Å²) in [5.74, 6) is 0.593. The maximum atomic E-state index is 12.5. The van der Waals surface area contributed by atoms with E-state index in [0.29, 0.717) is 11.4 Å². The molecule has 1 aliphatic rings. The standard InChI is InChI=1S/C22H15N3O2S/c26-20-6-5-19(15-3-1-2-4-16(15)20)23-11-18-17-9-14(13-7-8-28-12-13)10-24-21(17)25-22(18)27/h1-12,23,26H,(H,24,25,27). The molecule has 28 heavy (non-hydrogen) atoms. The van der Waals surface area contributed by atoms with Gasteiger partial charge in [-0.15, -0.1) is 0 Å². The Balaban J connectivity index is 1.55. The molecule has 0 saturated carbocycles. The summed E-state index contributed by atoms with van der Waals surface area (Å²) in [7, 11) is 0. The first-order valence-electron chi connectivity index (χ1n) is 8.72. The van der Waals surface area contributed by atoms with Crippen LogP contribution in [0.2, 0.25) is 0 Å². The van der Waals surface area contributed by atoms with Gasteiger partial charge in [0.2, 0.25) is 0 Å². The minimum Gasteiger partial charge on any atom is -0.507 e. The van der Waals surface area contributed by atoms with E-state index in [4.69, 9.17) is 0 Å². The number of pyridine rings is 1. The summed E-state index contributed by atoms with van der Waals surface area (Å²) in [6, 6.07) is 15.0. The molecule has 1 aliphatic heterocycles. The van der Waals surface area contributed by atoms with Gasteiger partial charge < -0.3 is 15.7 Å². The SMILES string of the molecule is O=C1Nc2ncc(-c3ccsc3)cc2C1=CNc1ccc(O)c2ccccc12. The monoisotopic (exact) mass is 385 g/mol. The Bertz CT molecular complexity index is 1250. The largest absolute Gasteiger partial charge is 0.507 e. The Kier molecular flexibility index (Phi) is 3.84. The van der Waals surface area contributed by atoms with E-state index >= 15 is 0 Å². The van der Waals surface area contributed by atoms with Crippen LogP contribution in [0.15, 0.2) is 71.7 Å². The van der Waals surface area contributed by atoms with Gasteiger partial charge in [-0.2, -0.15) is 11.3 Å². The highest BCUT2D eigenvalue weighted by Crippen LogP contribution is 2.35. The topological polar surface area (TPSA) is 74.2 Å². The van der Waals surface area contributed by atoms with Crippen molar-refractivity contribution in [2.24, 2.45) is 0 Å². The number of nitrogens with zero attached hydrogens (tertiary/aromatic N) is 1. The van der Waals surface area contributed by atoms with Gasteiger partial charge in [-0.1, -0.05) is 24.3 Å². The number of benzene rings is 2. The lowest BCUT2D eigenvalue weighted by Gasteiger charge is -2.08. The average Bonchev–Trinajstić information content (AvgIpc) is 3.35. The number of anilines is 2. The molecule has 5 nitrogen and oxygen atoms in total. The van der Waals surface area contributed by atoms with Crippen LogP contribution in [0.1, 0.15) is 5.56 Å². The third-order valence-corrected chi connectivity index (χ3v) is 5.47. The number of carbonyl (C=O) groups is 1. The van der Waals surface area contributed by atoms with Crippen molar-refractivity contribution in [2.75, 3.05) is 10.6 Å². The molecule has 0 saturated heterocycles. The molecule has 0 unspecified atom stereocenters. The zero-order chi connectivity index (χ0) is 19.1. The Morgan fingerprint density at radius 3 is 2.75 bits per heavy atom. The van der Waals surface area contributed by atoms with Gasteiger partial charge in [-0.05, 0) is 40.6 Å². The van der Waals surface area contributed by atoms with Crippen molar-refractivity contribution in [2.45, 2.75) is 0 Å². The molecule has 0 radical (unpaired) electrons. The maximum absolute atomic E-state index is 12.5. The number of thiophene rings is 1. The molecule has 136 valence electrons. The quantitative estimate of drug-likeness (QED) is 0.340. The lowest BCUT2D eigenvalue weighted by atomic mass is 10.0. The first-order chi connectivity index (χ1) is 13.7. The fraction of sp³-hybridized carbons (Fsp3) is 0. The van der Waals surface area contributed by atoms with Crippen molar-refractivity contribution in [3.63, 3.8) is 0 Å². The summed E-state index contributed by atoms with van der Waals surface area (Å²) in [6.07, 6.45) is 3.46. The van der Waals surface area contributed by atoms with Crippen LogP contribution in [0.4, 0.5) is 11.5 Å². The highest BCUT2D eigenvalue weighted by molar-refractivity contribution is 7.08. The third kappa shape index (κ3) is 2.71. The van der Waals surface area contributed by atoms with Crippen molar-refractivity contribution < 1.29 is 9.90 Å². The van der Waals surface area contributed by atoms with Gasteiger partial charge in [0.05, 0.1) is 5.57 Å². The van der Waals surface area contributed by atoms with Gasteiger partial charge in [0.1, 0.15) is 11.6 Å². The molecule has 4 aromatic rings. The highest BCUT2D eigenvalue weighted by atomic mass is 32.1. The number of nitrogens with one attached hydrogen (secondary N) is 2. The molecule has 2 aromatic heterocycles. The summed E-state index contributed by atoms with van der Waals surface area (Å²) >= 11 is 1.62. The second-order valence-corrected chi connectivity index (χ2v) is 7.25. The van der Waals surface area contributed by atoms with Crippen LogP contribution in [0.5, 0.6) is 5.75 Å². The second kappa shape index (κ2) is 6.51. The van der Waals surface area contributed by atoms with Crippen molar-refractivity contribution in [3.05, 3.63) is 77.3 Å². The van der Waals surface area contributed by atoms with E-state index in [2.05, 4.69) is 21.0 Å². The minimum absolute atomic E-state index is 0.194. The molecule has 3 heterocycles. The molecule has 5 rings (SSSR count). The molecule has 6 heteroatoms. The molecule has 0 bridgehead atoms. The van der Waals surface area contributed by atoms with E-state index in [1.54, 1.807) is 35.9 Å². The van der Waals surface area contributed by atoms with E-state index in [0.717, 1.165) is 33.2 Å². The molecule has 0 spiro atoms. The summed E-state index contributed by atoms with van der Waals surface area (Å²) in [5, 5.41) is 21.8. The molecule has 0 atom stereocenters. The van der Waals surface area contributed by atoms with Crippen molar-refractivity contribution >= 4 is 45.1 Å². The number of amides is 1. The Morgan fingerprint density at radius 1 is 1.07 bits per heavy atom. The summed E-state index contributed by atoms with van der Waals surface area (Å²) in [5.41, 5.74) is 4.15. The zero-order valence-corrected chi connectivity index (χ0v) is 15.5. The predicted octanol–water partition coefficient (Wildman–Crippen LogP) is 5.07. The first kappa shape index (κ1) is 16.5. The van der Waals surface area contributed by atoms with Gasteiger partial charge in [0.15, 0.2) is 0 Å². The molecular weight excluding hydrogens is 370 g/mol. The van der Waals surface area contributed by atoms with Gasteiger partial charge in [0, 0.05) is 40.0 Å². The molecule has 3 N–H and O–H groups in total. The van der Waals surface area contributed by atoms with Crippen molar-refractivity contribution in [3.8, 4) is 16.9 Å². The average molecular weight is 385 g/mol. The number of aromatic nitrogens is 1. The molecule has 0 aliphatic carbocycles. The van der Waals surface area contributed by atoms with Crippen LogP contribution in [0, 0.1) is 0 Å². The smallest absolute Gasteiger partial charge is 0.259 e. The van der Waals surface area contributed by atoms with Crippen LogP contribution in [-0.2, 0) is 4.79 Å². The van der Waals surface area contributed by atoms with Crippen LogP contribution < -0.4 is 10.6 Å². The van der Waals surface area contributed by atoms with Crippen LogP contribution in [0.25, 0.3) is 27.5 Å². The molecule has 2 aromatic carbocycles. The number of aromatic hydroxyl groups is 1. The van der Waals surface area contributed by atoms with Crippen LogP contribution in [0.3, 0.4) is 0 Å². The number of rotatable bonds is 3. The number of phenols is 1.